The zero-order valence-corrected chi connectivity index (χ0v) is 19.8. The third-order valence-corrected chi connectivity index (χ3v) is 7.86. The standard InChI is InChI=1S/C23H29N3O6S/c1-15-21(23(29)32-3)19(25-22(15)16(2)27)13-20(28)24-14-17-9-11-26(12-10-17)33(30,31)18-7-5-4-6-8-18/h4-8,17,25H,9-14H2,1-3H3,(H,24,28). The number of esters is 1. The highest BCUT2D eigenvalue weighted by atomic mass is 32.2. The second-order valence-electron chi connectivity index (χ2n) is 8.17. The van der Waals surface area contributed by atoms with Gasteiger partial charge >= 0.3 is 5.97 Å². The molecule has 178 valence electrons. The average Bonchev–Trinajstić information content (AvgIpc) is 3.13. The Labute approximate surface area is 193 Å². The van der Waals surface area contributed by atoms with Crippen molar-refractivity contribution >= 4 is 27.7 Å². The van der Waals surface area contributed by atoms with E-state index in [1.807, 2.05) is 0 Å². The fourth-order valence-corrected chi connectivity index (χ4v) is 5.59. The van der Waals surface area contributed by atoms with E-state index >= 15 is 0 Å². The van der Waals surface area contributed by atoms with Crippen molar-refractivity contribution in [1.82, 2.24) is 14.6 Å². The molecule has 0 radical (unpaired) electrons. The van der Waals surface area contributed by atoms with Gasteiger partial charge in [-0.05, 0) is 43.4 Å². The van der Waals surface area contributed by atoms with Gasteiger partial charge in [-0.25, -0.2) is 13.2 Å². The molecule has 1 amide bonds. The minimum absolute atomic E-state index is 0.0974. The number of piperidine rings is 1. The van der Waals surface area contributed by atoms with Gasteiger partial charge in [0.1, 0.15) is 0 Å². The number of H-pyrrole nitrogens is 1. The Morgan fingerprint density at radius 1 is 1.15 bits per heavy atom. The van der Waals surface area contributed by atoms with Gasteiger partial charge in [0, 0.05) is 32.3 Å². The molecule has 1 aliphatic rings. The molecule has 1 aromatic carbocycles. The van der Waals surface area contributed by atoms with Gasteiger partial charge < -0.3 is 15.0 Å². The van der Waals surface area contributed by atoms with Crippen LogP contribution in [0.1, 0.15) is 51.9 Å². The van der Waals surface area contributed by atoms with Crippen LogP contribution in [0.15, 0.2) is 35.2 Å². The first-order chi connectivity index (χ1) is 15.6. The summed E-state index contributed by atoms with van der Waals surface area (Å²) >= 11 is 0. The van der Waals surface area contributed by atoms with Crippen molar-refractivity contribution < 1.29 is 27.5 Å². The maximum absolute atomic E-state index is 12.7. The Morgan fingerprint density at radius 2 is 1.79 bits per heavy atom. The van der Waals surface area contributed by atoms with Crippen molar-refractivity contribution in [2.24, 2.45) is 5.92 Å². The van der Waals surface area contributed by atoms with Crippen LogP contribution in [0.5, 0.6) is 0 Å². The Bertz CT molecular complexity index is 1130. The summed E-state index contributed by atoms with van der Waals surface area (Å²) in [5, 5.41) is 2.86. The summed E-state index contributed by atoms with van der Waals surface area (Å²) < 4.78 is 31.8. The molecule has 0 spiro atoms. The predicted octanol–water partition coefficient (Wildman–Crippen LogP) is 2.07. The molecule has 0 aliphatic carbocycles. The molecule has 9 nitrogen and oxygen atoms in total. The van der Waals surface area contributed by atoms with Gasteiger partial charge in [-0.1, -0.05) is 18.2 Å². The van der Waals surface area contributed by atoms with Gasteiger partial charge in [-0.3, -0.25) is 9.59 Å². The third-order valence-electron chi connectivity index (χ3n) is 5.95. The van der Waals surface area contributed by atoms with Crippen LogP contribution >= 0.6 is 0 Å². The third kappa shape index (κ3) is 5.51. The van der Waals surface area contributed by atoms with Crippen LogP contribution in [-0.4, -0.2) is 62.1 Å². The molecule has 1 saturated heterocycles. The quantitative estimate of drug-likeness (QED) is 0.445. The van der Waals surface area contributed by atoms with E-state index in [2.05, 4.69) is 10.3 Å². The molecule has 3 rings (SSSR count). The van der Waals surface area contributed by atoms with Crippen molar-refractivity contribution in [3.05, 3.63) is 52.8 Å². The van der Waals surface area contributed by atoms with Gasteiger partial charge in [0.15, 0.2) is 5.78 Å². The largest absolute Gasteiger partial charge is 0.465 e. The first-order valence-electron chi connectivity index (χ1n) is 10.8. The topological polar surface area (TPSA) is 126 Å². The van der Waals surface area contributed by atoms with E-state index in [-0.39, 0.29) is 40.2 Å². The maximum Gasteiger partial charge on any atom is 0.339 e. The molecule has 0 saturated carbocycles. The van der Waals surface area contributed by atoms with Gasteiger partial charge in [-0.15, -0.1) is 0 Å². The van der Waals surface area contributed by atoms with Crippen LogP contribution in [0.2, 0.25) is 0 Å². The molecule has 0 atom stereocenters. The fraction of sp³-hybridized carbons (Fsp3) is 0.435. The molecule has 1 fully saturated rings. The number of nitrogens with one attached hydrogen (secondary N) is 2. The van der Waals surface area contributed by atoms with E-state index in [0.29, 0.717) is 43.7 Å². The SMILES string of the molecule is COC(=O)c1c(CC(=O)NCC2CCN(S(=O)(=O)c3ccccc3)CC2)[nH]c(C(C)=O)c1C. The molecule has 33 heavy (non-hydrogen) atoms. The molecule has 0 unspecified atom stereocenters. The van der Waals surface area contributed by atoms with Crippen molar-refractivity contribution in [1.29, 1.82) is 0 Å². The smallest absolute Gasteiger partial charge is 0.339 e. The lowest BCUT2D eigenvalue weighted by Gasteiger charge is -2.31. The predicted molar refractivity (Wildman–Crippen MR) is 122 cm³/mol. The first-order valence-corrected chi connectivity index (χ1v) is 12.2. The van der Waals surface area contributed by atoms with E-state index < -0.39 is 16.0 Å². The number of amides is 1. The normalized spacial score (nSPS) is 15.2. The molecule has 2 heterocycles. The van der Waals surface area contributed by atoms with Crippen LogP contribution in [0, 0.1) is 12.8 Å². The number of hydrogen-bond acceptors (Lipinski definition) is 6. The van der Waals surface area contributed by atoms with E-state index in [1.54, 1.807) is 37.3 Å². The zero-order valence-electron chi connectivity index (χ0n) is 19.0. The highest BCUT2D eigenvalue weighted by molar-refractivity contribution is 7.89. The molecule has 0 bridgehead atoms. The highest BCUT2D eigenvalue weighted by Crippen LogP contribution is 2.24. The number of carbonyl (C=O) groups excluding carboxylic acids is 3. The van der Waals surface area contributed by atoms with Crippen molar-refractivity contribution in [2.75, 3.05) is 26.7 Å². The molecule has 1 aromatic heterocycles. The van der Waals surface area contributed by atoms with Crippen molar-refractivity contribution in [3.8, 4) is 0 Å². The zero-order chi connectivity index (χ0) is 24.2. The molecule has 2 aromatic rings. The number of methoxy groups -OCH3 is 1. The summed E-state index contributed by atoms with van der Waals surface area (Å²) in [6.07, 6.45) is 1.17. The van der Waals surface area contributed by atoms with Crippen LogP contribution in [0.3, 0.4) is 0 Å². The Hall–Kier alpha value is -2.98. The number of ketones is 1. The lowest BCUT2D eigenvalue weighted by molar-refractivity contribution is -0.120. The molecular weight excluding hydrogens is 446 g/mol. The first kappa shape index (κ1) is 24.7. The number of hydrogen-bond donors (Lipinski definition) is 2. The van der Waals surface area contributed by atoms with Crippen LogP contribution in [0.4, 0.5) is 0 Å². The number of ether oxygens (including phenoxy) is 1. The Morgan fingerprint density at radius 3 is 2.36 bits per heavy atom. The summed E-state index contributed by atoms with van der Waals surface area (Å²) in [7, 11) is -2.26. The van der Waals surface area contributed by atoms with E-state index in [9.17, 15) is 22.8 Å². The lowest BCUT2D eigenvalue weighted by atomic mass is 9.98. The highest BCUT2D eigenvalue weighted by Gasteiger charge is 2.30. The van der Waals surface area contributed by atoms with Gasteiger partial charge in [0.2, 0.25) is 15.9 Å². The number of benzene rings is 1. The van der Waals surface area contributed by atoms with Gasteiger partial charge in [0.25, 0.3) is 0 Å². The van der Waals surface area contributed by atoms with Gasteiger partial charge in [0.05, 0.1) is 29.7 Å². The Balaban J connectivity index is 1.56. The molecular formula is C23H29N3O6S. The number of carbonyl (C=O) groups is 3. The minimum Gasteiger partial charge on any atom is -0.465 e. The minimum atomic E-state index is -3.51. The van der Waals surface area contributed by atoms with Gasteiger partial charge in [-0.2, -0.15) is 4.31 Å². The number of Topliss-reactive ketones (excluding diaryl/α,β-unsaturated/α-hetero) is 1. The Kier molecular flexibility index (Phi) is 7.70. The number of aromatic nitrogens is 1. The van der Waals surface area contributed by atoms with Crippen molar-refractivity contribution in [2.45, 2.75) is 38.0 Å². The van der Waals surface area contributed by atoms with E-state index in [1.165, 1.54) is 18.3 Å². The maximum atomic E-state index is 12.7. The average molecular weight is 476 g/mol. The number of sulfonamides is 1. The summed E-state index contributed by atoms with van der Waals surface area (Å²) in [4.78, 5) is 39.7. The fourth-order valence-electron chi connectivity index (χ4n) is 4.10. The summed E-state index contributed by atoms with van der Waals surface area (Å²) in [5.74, 6) is -0.988. The van der Waals surface area contributed by atoms with Crippen molar-refractivity contribution in [3.63, 3.8) is 0 Å². The number of aromatic amines is 1. The van der Waals surface area contributed by atoms with Crippen LogP contribution < -0.4 is 5.32 Å². The monoisotopic (exact) mass is 475 g/mol. The second kappa shape index (κ2) is 10.3. The number of rotatable bonds is 8. The van der Waals surface area contributed by atoms with Crippen LogP contribution in [-0.2, 0) is 26.0 Å². The molecule has 2 N–H and O–H groups in total. The summed E-state index contributed by atoms with van der Waals surface area (Å²) in [6.45, 7) is 4.21. The van der Waals surface area contributed by atoms with Crippen LogP contribution in [0.25, 0.3) is 0 Å². The lowest BCUT2D eigenvalue weighted by Crippen LogP contribution is -2.41. The summed E-state index contributed by atoms with van der Waals surface area (Å²) in [5.41, 5.74) is 1.29. The second-order valence-corrected chi connectivity index (χ2v) is 10.1. The van der Waals surface area contributed by atoms with E-state index in [4.69, 9.17) is 4.74 Å². The van der Waals surface area contributed by atoms with E-state index in [0.717, 1.165) is 0 Å². The summed E-state index contributed by atoms with van der Waals surface area (Å²) in [6, 6.07) is 8.35. The molecule has 1 aliphatic heterocycles. The number of nitrogens with zero attached hydrogens (tertiary/aromatic N) is 1. The molecule has 10 heteroatoms.